The minimum Gasteiger partial charge on any atom is -0.329 e. The highest BCUT2D eigenvalue weighted by Gasteiger charge is 2.32. The van der Waals surface area contributed by atoms with E-state index in [-0.39, 0.29) is 115 Å². The van der Waals surface area contributed by atoms with E-state index < -0.39 is 0 Å². The molecule has 0 aromatic rings. The molecule has 36 heavy (non-hydrogen) atoms. The smallest absolute Gasteiger partial charge is 0.238 e. The van der Waals surface area contributed by atoms with Crippen LogP contribution in [0.1, 0.15) is 53.4 Å². The van der Waals surface area contributed by atoms with Gasteiger partial charge in [0.1, 0.15) is 0 Å². The lowest BCUT2D eigenvalue weighted by molar-refractivity contribution is -0.222. The summed E-state index contributed by atoms with van der Waals surface area (Å²) in [6.07, 6.45) is 0.771. The van der Waals surface area contributed by atoms with Crippen LogP contribution in [0.3, 0.4) is 0 Å². The molecule has 4 amide bonds. The molecule has 0 aliphatic heterocycles. The number of hydrogen-bond acceptors (Lipinski definition) is 10. The Morgan fingerprint density at radius 2 is 0.611 bits per heavy atom. The van der Waals surface area contributed by atoms with E-state index in [0.717, 1.165) is 0 Å². The second-order valence-electron chi connectivity index (χ2n) is 7.83. The summed E-state index contributed by atoms with van der Waals surface area (Å²) in [4.78, 5) is 51.5. The predicted molar refractivity (Wildman–Crippen MR) is 138 cm³/mol. The van der Waals surface area contributed by atoms with Crippen LogP contribution in [0, 0.1) is 0 Å². The summed E-state index contributed by atoms with van der Waals surface area (Å²) in [6.45, 7) is 8.40. The van der Waals surface area contributed by atoms with E-state index >= 15 is 0 Å². The van der Waals surface area contributed by atoms with E-state index in [2.05, 4.69) is 0 Å². The fraction of sp³-hybridized carbons (Fsp3) is 0.818. The molecule has 0 aliphatic carbocycles. The summed E-state index contributed by atoms with van der Waals surface area (Å²) in [5, 5.41) is 8.74. The van der Waals surface area contributed by atoms with Crippen molar-refractivity contribution in [3.8, 4) is 0 Å². The molecule has 0 aromatic heterocycles. The van der Waals surface area contributed by atoms with Gasteiger partial charge in [-0.1, -0.05) is 27.7 Å². The van der Waals surface area contributed by atoms with Gasteiger partial charge in [0, 0.05) is 51.9 Å². The third-order valence-electron chi connectivity index (χ3n) is 5.34. The summed E-state index contributed by atoms with van der Waals surface area (Å²) in [5.74, 6) is -0.927. The fourth-order valence-electron chi connectivity index (χ4n) is 3.62. The molecule has 14 heteroatoms. The van der Waals surface area contributed by atoms with Crippen LogP contribution in [0.15, 0.2) is 0 Å². The van der Waals surface area contributed by atoms with Gasteiger partial charge in [-0.3, -0.25) is 39.2 Å². The number of nitrogens with zero attached hydrogens (tertiary/aromatic N) is 6. The third kappa shape index (κ3) is 9.95. The summed E-state index contributed by atoms with van der Waals surface area (Å²) in [5.41, 5.74) is 23.2. The van der Waals surface area contributed by atoms with E-state index in [0.29, 0.717) is 0 Å². The van der Waals surface area contributed by atoms with Gasteiger partial charge in [0.2, 0.25) is 23.6 Å². The molecule has 0 radical (unpaired) electrons. The molecule has 0 atom stereocenters. The van der Waals surface area contributed by atoms with Crippen molar-refractivity contribution in [3.63, 3.8) is 0 Å². The summed E-state index contributed by atoms with van der Waals surface area (Å²) in [6, 6.07) is 0. The van der Waals surface area contributed by atoms with Crippen molar-refractivity contribution in [2.45, 2.75) is 53.4 Å². The van der Waals surface area contributed by atoms with Crippen LogP contribution in [0.5, 0.6) is 0 Å². The lowest BCUT2D eigenvalue weighted by Gasteiger charge is -2.46. The molecular formula is C22H48N10O4. The number of amides is 4. The van der Waals surface area contributed by atoms with Crippen molar-refractivity contribution in [2.75, 3.05) is 65.4 Å². The Morgan fingerprint density at radius 1 is 0.417 bits per heavy atom. The Bertz CT molecular complexity index is 573. The molecule has 0 saturated heterocycles. The molecular weight excluding hydrogens is 468 g/mol. The van der Waals surface area contributed by atoms with Crippen molar-refractivity contribution >= 4 is 23.6 Å². The van der Waals surface area contributed by atoms with E-state index in [1.807, 2.05) is 0 Å². The molecule has 0 saturated carbocycles. The van der Waals surface area contributed by atoms with Crippen molar-refractivity contribution < 1.29 is 19.2 Å². The number of rotatable bonds is 19. The van der Waals surface area contributed by atoms with Crippen molar-refractivity contribution in [1.29, 1.82) is 0 Å². The number of nitrogens with two attached hydrogens (primary N) is 4. The normalized spacial score (nSPS) is 11.1. The van der Waals surface area contributed by atoms with Gasteiger partial charge in [-0.15, -0.1) is 10.2 Å². The molecule has 8 N–H and O–H groups in total. The van der Waals surface area contributed by atoms with Crippen LogP contribution in [0.25, 0.3) is 0 Å². The first-order chi connectivity index (χ1) is 17.2. The van der Waals surface area contributed by atoms with Gasteiger partial charge in [0.05, 0.1) is 39.3 Å². The highest BCUT2D eigenvalue weighted by molar-refractivity contribution is 5.78. The van der Waals surface area contributed by atoms with Crippen LogP contribution in [0.4, 0.5) is 0 Å². The number of hydrogen-bond donors (Lipinski definition) is 4. The zero-order chi connectivity index (χ0) is 27.7. The van der Waals surface area contributed by atoms with Crippen molar-refractivity contribution in [1.82, 2.24) is 30.3 Å². The zero-order valence-corrected chi connectivity index (χ0v) is 22.5. The first-order valence-electron chi connectivity index (χ1n) is 12.8. The Labute approximate surface area is 215 Å². The summed E-state index contributed by atoms with van der Waals surface area (Å²) >= 11 is 0. The van der Waals surface area contributed by atoms with Gasteiger partial charge in [0.25, 0.3) is 0 Å². The second kappa shape index (κ2) is 18.8. The van der Waals surface area contributed by atoms with Crippen LogP contribution in [-0.4, -0.2) is 119 Å². The fourth-order valence-corrected chi connectivity index (χ4v) is 3.62. The average molecular weight is 517 g/mol. The van der Waals surface area contributed by atoms with Gasteiger partial charge in [-0.25, -0.2) is 0 Å². The van der Waals surface area contributed by atoms with E-state index in [9.17, 15) is 19.2 Å². The quantitative estimate of drug-likeness (QED) is 0.140. The minimum absolute atomic E-state index is 0.0770. The van der Waals surface area contributed by atoms with Crippen LogP contribution >= 0.6 is 0 Å². The molecule has 0 heterocycles. The standard InChI is InChI=1S/C22H48N10O4/c1-5-19(33)27(13-9-23)31(28(14-10-24)20(34)6-2)17-18-32(29(15-11-25)21(35)7-3)30(16-12-26)22(36)8-4/h5-18,23-26H2,1-4H3. The van der Waals surface area contributed by atoms with Crippen molar-refractivity contribution in [3.05, 3.63) is 0 Å². The second-order valence-corrected chi connectivity index (χ2v) is 7.83. The number of hydrazine groups is 4. The highest BCUT2D eigenvalue weighted by Crippen LogP contribution is 2.13. The highest BCUT2D eigenvalue weighted by atomic mass is 16.2. The lowest BCUT2D eigenvalue weighted by atomic mass is 10.4. The third-order valence-corrected chi connectivity index (χ3v) is 5.34. The summed E-state index contributed by atoms with van der Waals surface area (Å²) in [7, 11) is 0. The van der Waals surface area contributed by atoms with Gasteiger partial charge in [-0.05, 0) is 0 Å². The Hall–Kier alpha value is -2.36. The first kappa shape index (κ1) is 33.6. The molecule has 0 bridgehead atoms. The van der Waals surface area contributed by atoms with Gasteiger partial charge in [-0.2, -0.15) is 0 Å². The van der Waals surface area contributed by atoms with E-state index in [1.165, 1.54) is 30.3 Å². The maximum atomic E-state index is 12.9. The molecule has 0 fully saturated rings. The maximum absolute atomic E-state index is 12.9. The first-order valence-corrected chi connectivity index (χ1v) is 12.8. The van der Waals surface area contributed by atoms with Gasteiger partial charge >= 0.3 is 0 Å². The molecule has 14 nitrogen and oxygen atoms in total. The molecule has 0 unspecified atom stereocenters. The van der Waals surface area contributed by atoms with Gasteiger partial charge in [0.15, 0.2) is 0 Å². The number of carbonyl (C=O) groups is 4. The molecule has 210 valence electrons. The van der Waals surface area contributed by atoms with Crippen LogP contribution < -0.4 is 22.9 Å². The lowest BCUT2D eigenvalue weighted by Crippen LogP contribution is -2.64. The van der Waals surface area contributed by atoms with Crippen LogP contribution in [-0.2, 0) is 19.2 Å². The Morgan fingerprint density at radius 3 is 0.750 bits per heavy atom. The average Bonchev–Trinajstić information content (AvgIpc) is 2.89. The SMILES string of the molecule is CCC(=O)N(CCN)N(CCN(N(CCN)C(=O)CC)N(CCN)C(=O)CC)N(CCN)C(=O)CC. The molecule has 0 rings (SSSR count). The number of carbonyl (C=O) groups excluding carboxylic acids is 4. The molecule has 0 aliphatic rings. The molecule has 0 spiro atoms. The predicted octanol–water partition coefficient (Wildman–Crippen LogP) is -1.96. The topological polar surface area (TPSA) is 192 Å². The van der Waals surface area contributed by atoms with Gasteiger partial charge < -0.3 is 22.9 Å². The summed E-state index contributed by atoms with van der Waals surface area (Å²) < 4.78 is 0. The molecule has 0 aromatic carbocycles. The van der Waals surface area contributed by atoms with E-state index in [4.69, 9.17) is 22.9 Å². The minimum atomic E-state index is -0.232. The van der Waals surface area contributed by atoms with E-state index in [1.54, 1.807) is 27.7 Å². The monoisotopic (exact) mass is 516 g/mol. The maximum Gasteiger partial charge on any atom is 0.238 e. The zero-order valence-electron chi connectivity index (χ0n) is 22.5. The Kier molecular flexibility index (Phi) is 17.6. The van der Waals surface area contributed by atoms with Crippen molar-refractivity contribution in [2.24, 2.45) is 22.9 Å². The Balaban J connectivity index is 6.57. The van der Waals surface area contributed by atoms with Crippen LogP contribution in [0.2, 0.25) is 0 Å². The largest absolute Gasteiger partial charge is 0.329 e.